The zero-order valence-electron chi connectivity index (χ0n) is 16.4. The molecule has 3 aromatic rings. The molecule has 0 bridgehead atoms. The van der Waals surface area contributed by atoms with Crippen LogP contribution in [0.5, 0.6) is 11.6 Å². The Morgan fingerprint density at radius 1 is 0.839 bits per heavy atom. The lowest BCUT2D eigenvalue weighted by Crippen LogP contribution is -2.49. The Morgan fingerprint density at radius 3 is 2.16 bits per heavy atom. The van der Waals surface area contributed by atoms with Crippen molar-refractivity contribution >= 4 is 11.7 Å². The predicted octanol–water partition coefficient (Wildman–Crippen LogP) is 4.25. The second-order valence-corrected chi connectivity index (χ2v) is 6.97. The molecule has 1 aromatic heterocycles. The normalized spacial score (nSPS) is 14.4. The van der Waals surface area contributed by atoms with Crippen LogP contribution in [0.25, 0.3) is 0 Å². The molecule has 0 spiro atoms. The van der Waals surface area contributed by atoms with Crippen molar-refractivity contribution in [3.05, 3.63) is 77.9 Å². The Kier molecular flexibility index (Phi) is 5.75. The summed E-state index contributed by atoms with van der Waals surface area (Å²) >= 11 is 0. The van der Waals surface area contributed by atoms with E-state index in [1.807, 2.05) is 35.2 Å². The second-order valence-electron chi connectivity index (χ2n) is 6.97. The molecule has 9 heteroatoms. The van der Waals surface area contributed by atoms with Crippen molar-refractivity contribution in [1.82, 2.24) is 15.1 Å². The van der Waals surface area contributed by atoms with E-state index in [9.17, 15) is 18.0 Å². The van der Waals surface area contributed by atoms with Gasteiger partial charge in [0.15, 0.2) is 5.82 Å². The molecule has 1 aliphatic heterocycles. The monoisotopic (exact) mass is 428 g/mol. The van der Waals surface area contributed by atoms with E-state index in [4.69, 9.17) is 4.74 Å². The molecule has 31 heavy (non-hydrogen) atoms. The smallest absolute Gasteiger partial charge is 0.417 e. The summed E-state index contributed by atoms with van der Waals surface area (Å²) in [6, 6.07) is 17.5. The van der Waals surface area contributed by atoms with Crippen LogP contribution in [0, 0.1) is 0 Å². The van der Waals surface area contributed by atoms with Crippen molar-refractivity contribution in [2.24, 2.45) is 0 Å². The van der Waals surface area contributed by atoms with Crippen LogP contribution in [0.15, 0.2) is 66.7 Å². The van der Waals surface area contributed by atoms with E-state index in [0.29, 0.717) is 30.5 Å². The summed E-state index contributed by atoms with van der Waals surface area (Å²) in [6.07, 6.45) is -4.58. The molecule has 6 nitrogen and oxygen atoms in total. The molecule has 1 aliphatic rings. The van der Waals surface area contributed by atoms with Gasteiger partial charge in [-0.05, 0) is 30.3 Å². The molecule has 0 atom stereocenters. The number of para-hydroxylation sites is 1. The van der Waals surface area contributed by atoms with Gasteiger partial charge in [-0.25, -0.2) is 0 Å². The fourth-order valence-corrected chi connectivity index (χ4v) is 3.37. The zero-order chi connectivity index (χ0) is 21.8. The molecule has 1 saturated heterocycles. The number of alkyl halides is 3. The van der Waals surface area contributed by atoms with Gasteiger partial charge in [-0.1, -0.05) is 30.3 Å². The van der Waals surface area contributed by atoms with Crippen LogP contribution in [-0.2, 0) is 6.18 Å². The summed E-state index contributed by atoms with van der Waals surface area (Å²) in [5.41, 5.74) is -1.24. The summed E-state index contributed by atoms with van der Waals surface area (Å²) in [4.78, 5) is 16.1. The molecule has 2 heterocycles. The first-order chi connectivity index (χ1) is 14.9. The average Bonchev–Trinajstić information content (AvgIpc) is 2.79. The number of hydrogen-bond donors (Lipinski definition) is 0. The SMILES string of the molecule is O=C(c1ccccc1C(F)(F)F)N1CCN(c2ccc(Oc3ccccc3)nn2)CC1. The summed E-state index contributed by atoms with van der Waals surface area (Å²) in [7, 11) is 0. The van der Waals surface area contributed by atoms with Gasteiger partial charge in [-0.3, -0.25) is 4.79 Å². The highest BCUT2D eigenvalue weighted by Crippen LogP contribution is 2.32. The molecule has 0 radical (unpaired) electrons. The van der Waals surface area contributed by atoms with Gasteiger partial charge in [0.1, 0.15) is 5.75 Å². The highest BCUT2D eigenvalue weighted by molar-refractivity contribution is 5.96. The van der Waals surface area contributed by atoms with Gasteiger partial charge in [-0.15, -0.1) is 10.2 Å². The van der Waals surface area contributed by atoms with E-state index in [1.165, 1.54) is 23.1 Å². The van der Waals surface area contributed by atoms with E-state index in [1.54, 1.807) is 12.1 Å². The van der Waals surface area contributed by atoms with Crippen LogP contribution in [-0.4, -0.2) is 47.2 Å². The maximum Gasteiger partial charge on any atom is 0.417 e. The average molecular weight is 428 g/mol. The third kappa shape index (κ3) is 4.76. The van der Waals surface area contributed by atoms with Crippen molar-refractivity contribution < 1.29 is 22.7 Å². The largest absolute Gasteiger partial charge is 0.438 e. The minimum atomic E-state index is -4.58. The number of carbonyl (C=O) groups excluding carboxylic acids is 1. The number of halogens is 3. The Hall–Kier alpha value is -3.62. The van der Waals surface area contributed by atoms with Crippen LogP contribution in [0.2, 0.25) is 0 Å². The minimum Gasteiger partial charge on any atom is -0.438 e. The maximum absolute atomic E-state index is 13.2. The van der Waals surface area contributed by atoms with Gasteiger partial charge in [0.25, 0.3) is 5.91 Å². The van der Waals surface area contributed by atoms with Crippen molar-refractivity contribution in [1.29, 1.82) is 0 Å². The van der Waals surface area contributed by atoms with Gasteiger partial charge < -0.3 is 14.5 Å². The quantitative estimate of drug-likeness (QED) is 0.622. The summed E-state index contributed by atoms with van der Waals surface area (Å²) < 4.78 is 45.3. The van der Waals surface area contributed by atoms with Gasteiger partial charge >= 0.3 is 6.18 Å². The molecule has 4 rings (SSSR count). The lowest BCUT2D eigenvalue weighted by atomic mass is 10.1. The van der Waals surface area contributed by atoms with Gasteiger partial charge in [0.2, 0.25) is 5.88 Å². The Balaban J connectivity index is 1.38. The number of amides is 1. The topological polar surface area (TPSA) is 58.6 Å². The lowest BCUT2D eigenvalue weighted by Gasteiger charge is -2.35. The van der Waals surface area contributed by atoms with E-state index in [2.05, 4.69) is 10.2 Å². The first-order valence-corrected chi connectivity index (χ1v) is 9.69. The van der Waals surface area contributed by atoms with Crippen molar-refractivity contribution in [2.75, 3.05) is 31.1 Å². The fourth-order valence-electron chi connectivity index (χ4n) is 3.37. The Bertz CT molecular complexity index is 1030. The molecule has 1 amide bonds. The third-order valence-corrected chi connectivity index (χ3v) is 4.95. The highest BCUT2D eigenvalue weighted by atomic mass is 19.4. The summed E-state index contributed by atoms with van der Waals surface area (Å²) in [6.45, 7) is 1.45. The van der Waals surface area contributed by atoms with Crippen molar-refractivity contribution in [2.45, 2.75) is 6.18 Å². The van der Waals surface area contributed by atoms with Gasteiger partial charge in [0.05, 0.1) is 11.1 Å². The number of aromatic nitrogens is 2. The maximum atomic E-state index is 13.2. The third-order valence-electron chi connectivity index (χ3n) is 4.95. The number of piperazine rings is 1. The number of ether oxygens (including phenoxy) is 1. The number of rotatable bonds is 4. The van der Waals surface area contributed by atoms with Crippen molar-refractivity contribution in [3.63, 3.8) is 0 Å². The van der Waals surface area contributed by atoms with Crippen LogP contribution in [0.1, 0.15) is 15.9 Å². The standard InChI is InChI=1S/C22H19F3N4O2/c23-22(24,25)18-9-5-4-8-17(18)21(30)29-14-12-28(13-15-29)19-10-11-20(27-26-19)31-16-6-2-1-3-7-16/h1-11H,12-15H2. The van der Waals surface area contributed by atoms with Gasteiger partial charge in [-0.2, -0.15) is 13.2 Å². The first kappa shape index (κ1) is 20.6. The minimum absolute atomic E-state index is 0.287. The van der Waals surface area contributed by atoms with E-state index in [0.717, 1.165) is 6.07 Å². The van der Waals surface area contributed by atoms with E-state index in [-0.39, 0.29) is 18.7 Å². The number of carbonyl (C=O) groups is 1. The number of nitrogens with zero attached hydrogens (tertiary/aromatic N) is 4. The lowest BCUT2D eigenvalue weighted by molar-refractivity contribution is -0.138. The zero-order valence-corrected chi connectivity index (χ0v) is 16.4. The van der Waals surface area contributed by atoms with Crippen LogP contribution >= 0.6 is 0 Å². The molecular formula is C22H19F3N4O2. The van der Waals surface area contributed by atoms with Crippen LogP contribution in [0.3, 0.4) is 0 Å². The molecule has 0 N–H and O–H groups in total. The Labute approximate surface area is 176 Å². The molecule has 0 saturated carbocycles. The predicted molar refractivity (Wildman–Crippen MR) is 108 cm³/mol. The van der Waals surface area contributed by atoms with Crippen LogP contribution in [0.4, 0.5) is 19.0 Å². The Morgan fingerprint density at radius 2 is 1.52 bits per heavy atom. The van der Waals surface area contributed by atoms with E-state index < -0.39 is 17.6 Å². The molecule has 0 aliphatic carbocycles. The molecule has 2 aromatic carbocycles. The fraction of sp³-hybridized carbons (Fsp3) is 0.227. The molecule has 0 unspecified atom stereocenters. The molecular weight excluding hydrogens is 409 g/mol. The van der Waals surface area contributed by atoms with Gasteiger partial charge in [0, 0.05) is 32.2 Å². The summed E-state index contributed by atoms with van der Waals surface area (Å²) in [5, 5.41) is 8.24. The van der Waals surface area contributed by atoms with Crippen molar-refractivity contribution in [3.8, 4) is 11.6 Å². The van der Waals surface area contributed by atoms with E-state index >= 15 is 0 Å². The number of benzene rings is 2. The van der Waals surface area contributed by atoms with Crippen LogP contribution < -0.4 is 9.64 Å². The first-order valence-electron chi connectivity index (χ1n) is 9.69. The number of anilines is 1. The molecule has 1 fully saturated rings. The summed E-state index contributed by atoms with van der Waals surface area (Å²) in [5.74, 6) is 0.997. The highest BCUT2D eigenvalue weighted by Gasteiger charge is 2.36. The molecule has 160 valence electrons. The number of hydrogen-bond acceptors (Lipinski definition) is 5. The second kappa shape index (κ2) is 8.63.